The smallest absolute Gasteiger partial charge is 0.242 e. The van der Waals surface area contributed by atoms with Crippen LogP contribution in [0.1, 0.15) is 20.8 Å². The van der Waals surface area contributed by atoms with Gasteiger partial charge in [-0.05, 0) is 5.41 Å². The van der Waals surface area contributed by atoms with Gasteiger partial charge in [0.1, 0.15) is 11.9 Å². The van der Waals surface area contributed by atoms with Crippen LogP contribution >= 0.6 is 11.6 Å². The molecule has 2 amide bonds. The van der Waals surface area contributed by atoms with Crippen LogP contribution in [-0.4, -0.2) is 30.8 Å². The topological polar surface area (TPSA) is 58.2 Å². The molecule has 0 saturated carbocycles. The number of halogens is 1. The molecule has 0 heterocycles. The SMILES string of the molecule is CNC(=O)[C@@H](NC(=O)CCl)C(C)(C)C. The van der Waals surface area contributed by atoms with Crippen molar-refractivity contribution in [2.45, 2.75) is 26.8 Å². The Morgan fingerprint density at radius 3 is 2.14 bits per heavy atom. The van der Waals surface area contributed by atoms with E-state index in [4.69, 9.17) is 11.6 Å². The quantitative estimate of drug-likeness (QED) is 0.681. The first-order valence-electron chi connectivity index (χ1n) is 4.40. The summed E-state index contributed by atoms with van der Waals surface area (Å²) in [5, 5.41) is 5.08. The molecule has 5 heteroatoms. The summed E-state index contributed by atoms with van der Waals surface area (Å²) in [5.74, 6) is -0.685. The van der Waals surface area contributed by atoms with Crippen LogP contribution in [0.4, 0.5) is 0 Å². The number of amides is 2. The molecule has 14 heavy (non-hydrogen) atoms. The van der Waals surface area contributed by atoms with Crippen LogP contribution in [0.5, 0.6) is 0 Å². The standard InChI is InChI=1S/C9H17ClN2O2/c1-9(2,3)7(8(14)11-4)12-6(13)5-10/h7H,5H2,1-4H3,(H,11,14)(H,12,13)/t7-/m1/s1. The van der Waals surface area contributed by atoms with E-state index in [-0.39, 0.29) is 23.1 Å². The molecule has 0 aliphatic heterocycles. The van der Waals surface area contributed by atoms with E-state index in [1.807, 2.05) is 20.8 Å². The summed E-state index contributed by atoms with van der Waals surface area (Å²) in [5.41, 5.74) is -0.332. The maximum absolute atomic E-state index is 11.4. The Labute approximate surface area is 89.4 Å². The van der Waals surface area contributed by atoms with Gasteiger partial charge in [0.05, 0.1) is 0 Å². The van der Waals surface area contributed by atoms with E-state index in [9.17, 15) is 9.59 Å². The van der Waals surface area contributed by atoms with Crippen molar-refractivity contribution >= 4 is 23.4 Å². The average molecular weight is 221 g/mol. The average Bonchev–Trinajstić information content (AvgIpc) is 2.10. The summed E-state index contributed by atoms with van der Waals surface area (Å²) in [6, 6.07) is -0.557. The van der Waals surface area contributed by atoms with Crippen LogP contribution in [0.25, 0.3) is 0 Å². The van der Waals surface area contributed by atoms with Gasteiger partial charge in [0.15, 0.2) is 0 Å². The van der Waals surface area contributed by atoms with E-state index in [0.717, 1.165) is 0 Å². The fraction of sp³-hybridized carbons (Fsp3) is 0.778. The van der Waals surface area contributed by atoms with Gasteiger partial charge in [-0.2, -0.15) is 0 Å². The van der Waals surface area contributed by atoms with E-state index < -0.39 is 6.04 Å². The second-order valence-electron chi connectivity index (χ2n) is 4.11. The molecule has 0 spiro atoms. The third kappa shape index (κ3) is 3.96. The molecule has 0 saturated heterocycles. The minimum Gasteiger partial charge on any atom is -0.357 e. The maximum Gasteiger partial charge on any atom is 0.242 e. The molecule has 0 aromatic carbocycles. The lowest BCUT2D eigenvalue weighted by Crippen LogP contribution is -2.53. The van der Waals surface area contributed by atoms with Crippen molar-refractivity contribution in [3.05, 3.63) is 0 Å². The minimum atomic E-state index is -0.557. The number of rotatable bonds is 3. The fourth-order valence-electron chi connectivity index (χ4n) is 1.02. The lowest BCUT2D eigenvalue weighted by Gasteiger charge is -2.29. The molecule has 0 rings (SSSR count). The third-order valence-corrected chi connectivity index (χ3v) is 2.04. The number of likely N-dealkylation sites (N-methyl/N-ethyl adjacent to an activating group) is 1. The molecule has 2 N–H and O–H groups in total. The van der Waals surface area contributed by atoms with Gasteiger partial charge < -0.3 is 10.6 Å². The van der Waals surface area contributed by atoms with Gasteiger partial charge in [0, 0.05) is 7.05 Å². The van der Waals surface area contributed by atoms with Crippen molar-refractivity contribution in [3.63, 3.8) is 0 Å². The number of alkyl halides is 1. The third-order valence-electron chi connectivity index (χ3n) is 1.80. The number of hydrogen-bond donors (Lipinski definition) is 2. The van der Waals surface area contributed by atoms with Crippen molar-refractivity contribution in [2.24, 2.45) is 5.41 Å². The van der Waals surface area contributed by atoms with Crippen LogP contribution in [0.15, 0.2) is 0 Å². The van der Waals surface area contributed by atoms with Crippen molar-refractivity contribution in [2.75, 3.05) is 12.9 Å². The number of carbonyl (C=O) groups is 2. The monoisotopic (exact) mass is 220 g/mol. The van der Waals surface area contributed by atoms with E-state index in [2.05, 4.69) is 10.6 Å². The molecule has 0 unspecified atom stereocenters. The highest BCUT2D eigenvalue weighted by Gasteiger charge is 2.31. The second-order valence-corrected chi connectivity index (χ2v) is 4.38. The zero-order valence-corrected chi connectivity index (χ0v) is 9.73. The molecule has 0 fully saturated rings. The van der Waals surface area contributed by atoms with Gasteiger partial charge >= 0.3 is 0 Å². The Hall–Kier alpha value is -0.770. The van der Waals surface area contributed by atoms with Gasteiger partial charge in [-0.3, -0.25) is 9.59 Å². The van der Waals surface area contributed by atoms with Crippen molar-refractivity contribution < 1.29 is 9.59 Å². The lowest BCUT2D eigenvalue weighted by molar-refractivity contribution is -0.130. The summed E-state index contributed by atoms with van der Waals surface area (Å²) in [6.07, 6.45) is 0. The molecule has 0 aliphatic carbocycles. The molecule has 1 atom stereocenters. The summed E-state index contributed by atoms with van der Waals surface area (Å²) in [6.45, 7) is 5.63. The van der Waals surface area contributed by atoms with Crippen LogP contribution in [0.2, 0.25) is 0 Å². The Balaban J connectivity index is 4.58. The highest BCUT2D eigenvalue weighted by Crippen LogP contribution is 2.19. The van der Waals surface area contributed by atoms with Crippen molar-refractivity contribution in [1.29, 1.82) is 0 Å². The normalized spacial score (nSPS) is 13.2. The first kappa shape index (κ1) is 13.2. The first-order chi connectivity index (χ1) is 6.32. The van der Waals surface area contributed by atoms with E-state index >= 15 is 0 Å². The predicted octanol–water partition coefficient (Wildman–Crippen LogP) is 0.502. The van der Waals surface area contributed by atoms with E-state index in [1.165, 1.54) is 7.05 Å². The fourth-order valence-corrected chi connectivity index (χ4v) is 1.10. The maximum atomic E-state index is 11.4. The Kier molecular flexibility index (Phi) is 4.91. The zero-order chi connectivity index (χ0) is 11.4. The summed E-state index contributed by atoms with van der Waals surface area (Å²) < 4.78 is 0. The van der Waals surface area contributed by atoms with Gasteiger partial charge in [0.25, 0.3) is 0 Å². The van der Waals surface area contributed by atoms with Gasteiger partial charge in [0.2, 0.25) is 11.8 Å². The first-order valence-corrected chi connectivity index (χ1v) is 4.93. The Morgan fingerprint density at radius 2 is 1.86 bits per heavy atom. The number of nitrogens with one attached hydrogen (secondary N) is 2. The molecule has 0 aliphatic rings. The van der Waals surface area contributed by atoms with E-state index in [0.29, 0.717) is 0 Å². The van der Waals surface area contributed by atoms with Crippen LogP contribution < -0.4 is 10.6 Å². The van der Waals surface area contributed by atoms with Crippen molar-refractivity contribution in [1.82, 2.24) is 10.6 Å². The Bertz CT molecular complexity index is 223. The van der Waals surface area contributed by atoms with Crippen molar-refractivity contribution in [3.8, 4) is 0 Å². The molecular weight excluding hydrogens is 204 g/mol. The van der Waals surface area contributed by atoms with Gasteiger partial charge in [-0.25, -0.2) is 0 Å². The Morgan fingerprint density at radius 1 is 1.36 bits per heavy atom. The number of carbonyl (C=O) groups excluding carboxylic acids is 2. The molecule has 82 valence electrons. The molecule has 4 nitrogen and oxygen atoms in total. The number of hydrogen-bond acceptors (Lipinski definition) is 2. The highest BCUT2D eigenvalue weighted by molar-refractivity contribution is 6.27. The minimum absolute atomic E-state index is 0.135. The lowest BCUT2D eigenvalue weighted by atomic mass is 9.86. The summed E-state index contributed by atoms with van der Waals surface area (Å²) in [4.78, 5) is 22.5. The highest BCUT2D eigenvalue weighted by atomic mass is 35.5. The van der Waals surface area contributed by atoms with Crippen LogP contribution in [0, 0.1) is 5.41 Å². The van der Waals surface area contributed by atoms with Gasteiger partial charge in [-0.15, -0.1) is 11.6 Å². The molecular formula is C9H17ClN2O2. The summed E-state index contributed by atoms with van der Waals surface area (Å²) >= 11 is 5.35. The second kappa shape index (κ2) is 5.20. The van der Waals surface area contributed by atoms with Crippen LogP contribution in [-0.2, 0) is 9.59 Å². The molecule has 0 bridgehead atoms. The largest absolute Gasteiger partial charge is 0.357 e. The van der Waals surface area contributed by atoms with E-state index in [1.54, 1.807) is 0 Å². The predicted molar refractivity (Wildman–Crippen MR) is 56.2 cm³/mol. The molecule has 0 aromatic heterocycles. The summed E-state index contributed by atoms with van der Waals surface area (Å²) in [7, 11) is 1.54. The van der Waals surface area contributed by atoms with Gasteiger partial charge in [-0.1, -0.05) is 20.8 Å². The molecule has 0 radical (unpaired) electrons. The van der Waals surface area contributed by atoms with Crippen LogP contribution in [0.3, 0.4) is 0 Å². The molecule has 0 aromatic rings. The zero-order valence-electron chi connectivity index (χ0n) is 8.98.